The van der Waals surface area contributed by atoms with E-state index in [1.807, 2.05) is 17.0 Å². The van der Waals surface area contributed by atoms with Gasteiger partial charge in [-0.2, -0.15) is 0 Å². The maximum Gasteiger partial charge on any atom is 0.258 e. The van der Waals surface area contributed by atoms with Crippen LogP contribution in [0.2, 0.25) is 0 Å². The molecule has 126 valence electrons. The lowest BCUT2D eigenvalue weighted by atomic mass is 10.0. The van der Waals surface area contributed by atoms with Gasteiger partial charge in [-0.3, -0.25) is 9.78 Å². The van der Waals surface area contributed by atoms with Crippen molar-refractivity contribution >= 4 is 5.91 Å². The first-order valence-electron chi connectivity index (χ1n) is 7.89. The maximum absolute atomic E-state index is 13.2. The molecule has 2 heterocycles. The number of pyridine rings is 1. The largest absolute Gasteiger partial charge is 0.493 e. The number of para-hydroxylation sites is 1. The van der Waals surface area contributed by atoms with Crippen molar-refractivity contribution in [3.05, 3.63) is 53.9 Å². The lowest BCUT2D eigenvalue weighted by Crippen LogP contribution is -2.48. The summed E-state index contributed by atoms with van der Waals surface area (Å²) >= 11 is 0. The molecule has 1 N–H and O–H groups in total. The van der Waals surface area contributed by atoms with Gasteiger partial charge in [-0.15, -0.1) is 0 Å². The monoisotopic (exact) mass is 327 g/mol. The smallest absolute Gasteiger partial charge is 0.258 e. The number of amides is 1. The quantitative estimate of drug-likeness (QED) is 0.929. The predicted octanol–water partition coefficient (Wildman–Crippen LogP) is 1.89. The Balaban J connectivity index is 1.96. The fraction of sp³-hybridized carbons (Fsp3) is 0.333. The first kappa shape index (κ1) is 16.3. The Bertz CT molecular complexity index is 706. The Hall–Kier alpha value is -2.60. The highest BCUT2D eigenvalue weighted by atomic mass is 16.5. The highest BCUT2D eigenvalue weighted by molar-refractivity contribution is 5.98. The lowest BCUT2D eigenvalue weighted by molar-refractivity contribution is 0.0630. The zero-order valence-electron chi connectivity index (χ0n) is 13.9. The van der Waals surface area contributed by atoms with Crippen molar-refractivity contribution in [2.24, 2.45) is 0 Å². The van der Waals surface area contributed by atoms with E-state index in [-0.39, 0.29) is 11.9 Å². The third-order valence-electron chi connectivity index (χ3n) is 4.21. The minimum atomic E-state index is -0.0684. The number of hydrogen-bond acceptors (Lipinski definition) is 5. The minimum Gasteiger partial charge on any atom is -0.493 e. The number of rotatable bonds is 4. The SMILES string of the molecule is COc1cccc(C(=O)N2CCNCC2c2cccnc2)c1OC. The number of carbonyl (C=O) groups is 1. The highest BCUT2D eigenvalue weighted by Gasteiger charge is 2.30. The molecule has 6 nitrogen and oxygen atoms in total. The minimum absolute atomic E-state index is 0.0594. The fourth-order valence-electron chi connectivity index (χ4n) is 3.03. The van der Waals surface area contributed by atoms with Crippen molar-refractivity contribution in [1.29, 1.82) is 0 Å². The first-order valence-corrected chi connectivity index (χ1v) is 7.89. The Morgan fingerprint density at radius 3 is 2.83 bits per heavy atom. The van der Waals surface area contributed by atoms with Crippen LogP contribution in [0.5, 0.6) is 11.5 Å². The molecular formula is C18H21N3O3. The van der Waals surface area contributed by atoms with Gasteiger partial charge in [0, 0.05) is 32.0 Å². The van der Waals surface area contributed by atoms with Crippen LogP contribution < -0.4 is 14.8 Å². The van der Waals surface area contributed by atoms with Gasteiger partial charge in [-0.1, -0.05) is 12.1 Å². The van der Waals surface area contributed by atoms with Crippen LogP contribution in [-0.4, -0.2) is 49.6 Å². The number of aromatic nitrogens is 1. The molecule has 1 unspecified atom stereocenters. The van der Waals surface area contributed by atoms with E-state index in [0.717, 1.165) is 12.1 Å². The zero-order valence-corrected chi connectivity index (χ0v) is 13.9. The average Bonchev–Trinajstić information content (AvgIpc) is 2.67. The number of methoxy groups -OCH3 is 2. The molecule has 1 aromatic carbocycles. The van der Waals surface area contributed by atoms with Crippen LogP contribution in [0.4, 0.5) is 0 Å². The number of ether oxygens (including phenoxy) is 2. The fourth-order valence-corrected chi connectivity index (χ4v) is 3.03. The highest BCUT2D eigenvalue weighted by Crippen LogP contribution is 2.33. The predicted molar refractivity (Wildman–Crippen MR) is 90.4 cm³/mol. The number of hydrogen-bond donors (Lipinski definition) is 1. The standard InChI is InChI=1S/C18H21N3O3/c1-23-16-7-3-6-14(17(16)24-2)18(22)21-10-9-20-12-15(21)13-5-4-8-19-11-13/h3-8,11,15,20H,9-10,12H2,1-2H3. The second kappa shape index (κ2) is 7.31. The number of nitrogens with one attached hydrogen (secondary N) is 1. The van der Waals surface area contributed by atoms with Gasteiger partial charge in [-0.05, 0) is 23.8 Å². The van der Waals surface area contributed by atoms with Crippen LogP contribution in [-0.2, 0) is 0 Å². The topological polar surface area (TPSA) is 63.7 Å². The van der Waals surface area contributed by atoms with Gasteiger partial charge in [-0.25, -0.2) is 0 Å². The van der Waals surface area contributed by atoms with Gasteiger partial charge >= 0.3 is 0 Å². The molecule has 1 saturated heterocycles. The molecule has 1 amide bonds. The van der Waals surface area contributed by atoms with Gasteiger partial charge in [0.2, 0.25) is 0 Å². The summed E-state index contributed by atoms with van der Waals surface area (Å²) in [7, 11) is 3.11. The summed E-state index contributed by atoms with van der Waals surface area (Å²) in [6.45, 7) is 2.08. The molecule has 6 heteroatoms. The Morgan fingerprint density at radius 2 is 2.12 bits per heavy atom. The lowest BCUT2D eigenvalue weighted by Gasteiger charge is -2.36. The molecule has 1 aromatic heterocycles. The van der Waals surface area contributed by atoms with Gasteiger partial charge in [0.25, 0.3) is 5.91 Å². The van der Waals surface area contributed by atoms with E-state index in [2.05, 4.69) is 10.3 Å². The van der Waals surface area contributed by atoms with E-state index < -0.39 is 0 Å². The van der Waals surface area contributed by atoms with E-state index in [9.17, 15) is 4.79 Å². The van der Waals surface area contributed by atoms with Crippen molar-refractivity contribution in [3.63, 3.8) is 0 Å². The summed E-state index contributed by atoms with van der Waals surface area (Å²) in [5, 5.41) is 3.34. The van der Waals surface area contributed by atoms with Crippen LogP contribution in [0.1, 0.15) is 22.0 Å². The average molecular weight is 327 g/mol. The number of nitrogens with zero attached hydrogens (tertiary/aromatic N) is 2. The van der Waals surface area contributed by atoms with Crippen molar-refractivity contribution in [3.8, 4) is 11.5 Å². The Morgan fingerprint density at radius 1 is 1.25 bits per heavy atom. The third kappa shape index (κ3) is 3.05. The van der Waals surface area contributed by atoms with Crippen LogP contribution in [0.3, 0.4) is 0 Å². The maximum atomic E-state index is 13.2. The van der Waals surface area contributed by atoms with Gasteiger partial charge in [0.15, 0.2) is 11.5 Å². The van der Waals surface area contributed by atoms with Crippen molar-refractivity contribution in [2.75, 3.05) is 33.9 Å². The van der Waals surface area contributed by atoms with Gasteiger partial charge in [0.1, 0.15) is 0 Å². The third-order valence-corrected chi connectivity index (χ3v) is 4.21. The molecular weight excluding hydrogens is 306 g/mol. The van der Waals surface area contributed by atoms with Crippen LogP contribution in [0.15, 0.2) is 42.7 Å². The molecule has 1 aliphatic rings. The van der Waals surface area contributed by atoms with Crippen molar-refractivity contribution < 1.29 is 14.3 Å². The summed E-state index contributed by atoms with van der Waals surface area (Å²) in [6, 6.07) is 9.18. The van der Waals surface area contributed by atoms with E-state index in [4.69, 9.17) is 9.47 Å². The number of carbonyl (C=O) groups excluding carboxylic acids is 1. The first-order chi connectivity index (χ1) is 11.8. The van der Waals surface area contributed by atoms with Gasteiger partial charge < -0.3 is 19.7 Å². The van der Waals surface area contributed by atoms with Crippen molar-refractivity contribution in [2.45, 2.75) is 6.04 Å². The second-order valence-electron chi connectivity index (χ2n) is 5.55. The molecule has 1 atom stereocenters. The summed E-state index contributed by atoms with van der Waals surface area (Å²) < 4.78 is 10.7. The summed E-state index contributed by atoms with van der Waals surface area (Å²) in [5.41, 5.74) is 1.52. The molecule has 0 saturated carbocycles. The second-order valence-corrected chi connectivity index (χ2v) is 5.55. The molecule has 0 bridgehead atoms. The molecule has 0 spiro atoms. The van der Waals surface area contributed by atoms with Crippen LogP contribution in [0, 0.1) is 0 Å². The summed E-state index contributed by atoms with van der Waals surface area (Å²) in [6.07, 6.45) is 3.54. The van der Waals surface area contributed by atoms with E-state index >= 15 is 0 Å². The molecule has 24 heavy (non-hydrogen) atoms. The van der Waals surface area contributed by atoms with E-state index in [0.29, 0.717) is 30.2 Å². The Kier molecular flexibility index (Phi) is 4.96. The normalized spacial score (nSPS) is 17.4. The molecule has 1 aliphatic heterocycles. The van der Waals surface area contributed by atoms with Crippen LogP contribution >= 0.6 is 0 Å². The molecule has 1 fully saturated rings. The molecule has 2 aromatic rings. The number of piperazine rings is 1. The number of benzene rings is 1. The molecule has 3 rings (SSSR count). The molecule has 0 aliphatic carbocycles. The van der Waals surface area contributed by atoms with E-state index in [1.165, 1.54) is 0 Å². The zero-order chi connectivity index (χ0) is 16.9. The Labute approximate surface area is 141 Å². The van der Waals surface area contributed by atoms with Crippen LogP contribution in [0.25, 0.3) is 0 Å². The van der Waals surface area contributed by atoms with Gasteiger partial charge in [0.05, 0.1) is 25.8 Å². The van der Waals surface area contributed by atoms with Crippen molar-refractivity contribution in [1.82, 2.24) is 15.2 Å². The summed E-state index contributed by atoms with van der Waals surface area (Å²) in [5.74, 6) is 0.950. The molecule has 0 radical (unpaired) electrons. The van der Waals surface area contributed by atoms with E-state index in [1.54, 1.807) is 44.8 Å². The summed E-state index contributed by atoms with van der Waals surface area (Å²) in [4.78, 5) is 19.2.